The van der Waals surface area contributed by atoms with Gasteiger partial charge >= 0.3 is 0 Å². The van der Waals surface area contributed by atoms with E-state index in [1.807, 2.05) is 26.0 Å². The van der Waals surface area contributed by atoms with Gasteiger partial charge in [-0.2, -0.15) is 0 Å². The first-order valence-electron chi connectivity index (χ1n) is 8.99. The molecule has 1 aromatic carbocycles. The molecule has 1 fully saturated rings. The molecule has 2 heterocycles. The molecule has 1 aromatic heterocycles. The number of nitrogens with zero attached hydrogens (tertiary/aromatic N) is 4. The van der Waals surface area contributed by atoms with Crippen LogP contribution in [0.4, 0.5) is 11.5 Å². The maximum Gasteiger partial charge on any atom is 0.132 e. The van der Waals surface area contributed by atoms with Gasteiger partial charge in [0.25, 0.3) is 0 Å². The van der Waals surface area contributed by atoms with Gasteiger partial charge in [-0.1, -0.05) is 11.9 Å². The highest BCUT2D eigenvalue weighted by atomic mass is 32.2. The topological polar surface area (TPSA) is 91.4 Å². The maximum atomic E-state index is 8.61. The van der Waals surface area contributed by atoms with E-state index in [0.717, 1.165) is 32.0 Å². The van der Waals surface area contributed by atoms with Crippen LogP contribution in [0.5, 0.6) is 5.75 Å². The van der Waals surface area contributed by atoms with E-state index >= 15 is 0 Å². The summed E-state index contributed by atoms with van der Waals surface area (Å²) >= 11 is 1.77. The number of piperazine rings is 1. The Balaban J connectivity index is 1.82. The Bertz CT molecular complexity index is 805. The van der Waals surface area contributed by atoms with Gasteiger partial charge in [0.15, 0.2) is 0 Å². The minimum atomic E-state index is 0.0567. The van der Waals surface area contributed by atoms with Crippen LogP contribution in [0.3, 0.4) is 0 Å². The number of hydrogen-bond acceptors (Lipinski definition) is 8. The van der Waals surface area contributed by atoms with Gasteiger partial charge < -0.3 is 15.4 Å². The number of rotatable bonds is 6. The van der Waals surface area contributed by atoms with Crippen LogP contribution in [0.1, 0.15) is 25.1 Å². The van der Waals surface area contributed by atoms with E-state index < -0.39 is 0 Å². The Morgan fingerprint density at radius 1 is 1.19 bits per heavy atom. The summed E-state index contributed by atoms with van der Waals surface area (Å²) in [5.41, 5.74) is 8.09. The molecular weight excluding hydrogens is 360 g/mol. The van der Waals surface area contributed by atoms with Crippen molar-refractivity contribution in [1.82, 2.24) is 14.3 Å². The second-order valence-electron chi connectivity index (χ2n) is 6.65. The molecule has 3 N–H and O–H groups in total. The molecule has 0 spiro atoms. The Kier molecular flexibility index (Phi) is 6.18. The molecule has 0 radical (unpaired) electrons. The first-order chi connectivity index (χ1) is 13.0. The molecule has 8 heteroatoms. The lowest BCUT2D eigenvalue weighted by molar-refractivity contribution is 0.242. The lowest BCUT2D eigenvalue weighted by Gasteiger charge is -2.34. The number of anilines is 2. The predicted molar refractivity (Wildman–Crippen MR) is 112 cm³/mol. The fraction of sp³-hybridized carbons (Fsp3) is 0.421. The fourth-order valence-corrected chi connectivity index (χ4v) is 3.52. The number of benzene rings is 1. The summed E-state index contributed by atoms with van der Waals surface area (Å²) in [4.78, 5) is 10.9. The smallest absolute Gasteiger partial charge is 0.132 e. The number of nitrogens with two attached hydrogens (primary N) is 1. The third-order valence-electron chi connectivity index (χ3n) is 4.40. The maximum absolute atomic E-state index is 8.61. The van der Waals surface area contributed by atoms with Gasteiger partial charge in [0.1, 0.15) is 17.9 Å². The summed E-state index contributed by atoms with van der Waals surface area (Å²) in [6.45, 7) is 7.72. The minimum absolute atomic E-state index is 0.0567. The molecule has 0 amide bonds. The molecule has 1 aliphatic heterocycles. The summed E-state index contributed by atoms with van der Waals surface area (Å²) in [6, 6.07) is 7.26. The van der Waals surface area contributed by atoms with Crippen LogP contribution in [-0.2, 0) is 0 Å². The zero-order valence-electron chi connectivity index (χ0n) is 16.0. The van der Waals surface area contributed by atoms with E-state index in [2.05, 4.69) is 25.4 Å². The third kappa shape index (κ3) is 4.70. The van der Waals surface area contributed by atoms with Gasteiger partial charge in [-0.3, -0.25) is 5.41 Å². The molecule has 1 saturated heterocycles. The van der Waals surface area contributed by atoms with E-state index in [1.54, 1.807) is 24.1 Å². The summed E-state index contributed by atoms with van der Waals surface area (Å²) < 4.78 is 8.07. The summed E-state index contributed by atoms with van der Waals surface area (Å²) in [5.74, 6) is 1.54. The average Bonchev–Trinajstić information content (AvgIpc) is 2.68. The van der Waals surface area contributed by atoms with Crippen molar-refractivity contribution in [1.29, 1.82) is 5.41 Å². The lowest BCUT2D eigenvalue weighted by Crippen LogP contribution is -2.43. The number of ether oxygens (including phenoxy) is 1. The molecule has 0 saturated carbocycles. The highest BCUT2D eigenvalue weighted by Gasteiger charge is 2.19. The van der Waals surface area contributed by atoms with Crippen molar-refractivity contribution in [2.45, 2.75) is 20.0 Å². The Hall–Kier alpha value is -2.32. The highest BCUT2D eigenvalue weighted by Crippen LogP contribution is 2.24. The molecule has 7 nitrogen and oxygen atoms in total. The Labute approximate surface area is 164 Å². The minimum Gasteiger partial charge on any atom is -0.491 e. The molecule has 2 aromatic rings. The molecule has 0 atom stereocenters. The quantitative estimate of drug-likeness (QED) is 0.448. The number of nitrogens with one attached hydrogen (secondary N) is 1. The summed E-state index contributed by atoms with van der Waals surface area (Å²) in [5, 5.41) is 8.61. The zero-order chi connectivity index (χ0) is 19.4. The number of nitrogen functional groups attached to an aromatic ring is 1. The summed E-state index contributed by atoms with van der Waals surface area (Å²) in [7, 11) is 0. The third-order valence-corrected chi connectivity index (χ3v) is 5.28. The van der Waals surface area contributed by atoms with Crippen LogP contribution >= 0.6 is 11.9 Å². The van der Waals surface area contributed by atoms with Crippen molar-refractivity contribution in [2.75, 3.05) is 43.1 Å². The van der Waals surface area contributed by atoms with E-state index in [4.69, 9.17) is 15.9 Å². The van der Waals surface area contributed by atoms with Gasteiger partial charge in [0.05, 0.1) is 17.5 Å². The molecule has 27 heavy (non-hydrogen) atoms. The van der Waals surface area contributed by atoms with Crippen LogP contribution in [0.25, 0.3) is 0 Å². The van der Waals surface area contributed by atoms with Crippen LogP contribution in [-0.4, -0.2) is 58.5 Å². The van der Waals surface area contributed by atoms with E-state index in [9.17, 15) is 0 Å². The number of hydrogen-bond donors (Lipinski definition) is 2. The molecule has 144 valence electrons. The normalized spacial score (nSPS) is 15.2. The van der Waals surface area contributed by atoms with Crippen molar-refractivity contribution in [3.05, 3.63) is 41.9 Å². The monoisotopic (exact) mass is 386 g/mol. The zero-order valence-corrected chi connectivity index (χ0v) is 16.8. The van der Waals surface area contributed by atoms with Gasteiger partial charge in [-0.25, -0.2) is 14.3 Å². The molecule has 3 rings (SSSR count). The van der Waals surface area contributed by atoms with Crippen LogP contribution < -0.4 is 15.4 Å². The first-order valence-corrected chi connectivity index (χ1v) is 10.2. The van der Waals surface area contributed by atoms with Crippen molar-refractivity contribution >= 4 is 29.2 Å². The molecule has 1 aliphatic rings. The van der Waals surface area contributed by atoms with Gasteiger partial charge in [-0.05, 0) is 38.3 Å². The van der Waals surface area contributed by atoms with Crippen LogP contribution in [0.15, 0.2) is 30.6 Å². The van der Waals surface area contributed by atoms with E-state index in [-0.39, 0.29) is 11.8 Å². The second-order valence-corrected chi connectivity index (χ2v) is 7.53. The molecular formula is C19H26N6OS. The first kappa shape index (κ1) is 19.4. The highest BCUT2D eigenvalue weighted by molar-refractivity contribution is 7.96. The van der Waals surface area contributed by atoms with Crippen molar-refractivity contribution < 1.29 is 4.74 Å². The lowest BCUT2D eigenvalue weighted by atomic mass is 10.0. The molecule has 0 aliphatic carbocycles. The number of aromatic nitrogens is 2. The van der Waals surface area contributed by atoms with Crippen molar-refractivity contribution in [3.63, 3.8) is 0 Å². The largest absolute Gasteiger partial charge is 0.491 e. The fourth-order valence-electron chi connectivity index (χ4n) is 2.99. The molecule has 0 unspecified atom stereocenters. The van der Waals surface area contributed by atoms with Gasteiger partial charge in [0, 0.05) is 43.5 Å². The summed E-state index contributed by atoms with van der Waals surface area (Å²) in [6.07, 6.45) is 3.67. The second kappa shape index (κ2) is 8.58. The predicted octanol–water partition coefficient (Wildman–Crippen LogP) is 2.66. The van der Waals surface area contributed by atoms with Crippen LogP contribution in [0.2, 0.25) is 0 Å². The van der Waals surface area contributed by atoms with Gasteiger partial charge in [0.2, 0.25) is 0 Å². The Morgan fingerprint density at radius 3 is 2.59 bits per heavy atom. The SMILES string of the molecule is CSN1CCN(c2cc(C(=N)c3cc(OC(C)C)ccc3N)ncn2)CC1. The Morgan fingerprint density at radius 2 is 1.93 bits per heavy atom. The standard InChI is InChI=1S/C19H26N6OS/c1-13(2)26-14-4-5-16(20)15(10-14)19(21)17-11-18(23-12-22-17)24-6-8-25(27-3)9-7-24/h4-5,10-13,21H,6-9,20H2,1-3H3. The van der Waals surface area contributed by atoms with Crippen molar-refractivity contribution in [3.8, 4) is 5.75 Å². The van der Waals surface area contributed by atoms with E-state index in [1.165, 1.54) is 6.33 Å². The molecule has 0 bridgehead atoms. The van der Waals surface area contributed by atoms with Crippen LogP contribution in [0, 0.1) is 5.41 Å². The average molecular weight is 387 g/mol. The van der Waals surface area contributed by atoms with Gasteiger partial charge in [-0.15, -0.1) is 0 Å². The van der Waals surface area contributed by atoms with Crippen molar-refractivity contribution in [2.24, 2.45) is 0 Å². The van der Waals surface area contributed by atoms with E-state index in [0.29, 0.717) is 22.7 Å².